The van der Waals surface area contributed by atoms with Gasteiger partial charge in [-0.05, 0) is 30.2 Å². The van der Waals surface area contributed by atoms with Crippen LogP contribution in [0.4, 0.5) is 0 Å². The van der Waals surface area contributed by atoms with E-state index in [1.54, 1.807) is 0 Å². The lowest BCUT2D eigenvalue weighted by Crippen LogP contribution is -2.33. The summed E-state index contributed by atoms with van der Waals surface area (Å²) in [5, 5.41) is 30.6. The van der Waals surface area contributed by atoms with Gasteiger partial charge in [0.25, 0.3) is 0 Å². The lowest BCUT2D eigenvalue weighted by molar-refractivity contribution is 0.0325. The second-order valence-corrected chi connectivity index (χ2v) is 7.85. The number of aliphatic hydroxyl groups is 2. The second-order valence-electron chi connectivity index (χ2n) is 7.85. The predicted molar refractivity (Wildman–Crippen MR) is 96.4 cm³/mol. The van der Waals surface area contributed by atoms with Crippen molar-refractivity contribution < 1.29 is 15.3 Å². The SMILES string of the molecule is Oc1cnc(C(O)CN2C[C@@H]3CC(O)(Cc4ccccc4)C[C@@H]3C2)nc1. The molecule has 138 valence electrons. The monoisotopic (exact) mass is 355 g/mol. The molecule has 1 saturated carbocycles. The summed E-state index contributed by atoms with van der Waals surface area (Å²) in [7, 11) is 0. The summed E-state index contributed by atoms with van der Waals surface area (Å²) in [5.74, 6) is 1.27. The molecule has 3 N–H and O–H groups in total. The van der Waals surface area contributed by atoms with Crippen LogP contribution < -0.4 is 0 Å². The molecule has 2 aromatic rings. The molecular formula is C20H25N3O3. The fraction of sp³-hybridized carbons (Fsp3) is 0.500. The molecular weight excluding hydrogens is 330 g/mol. The van der Waals surface area contributed by atoms with Gasteiger partial charge in [0.15, 0.2) is 11.6 Å². The molecule has 6 heteroatoms. The maximum Gasteiger partial charge on any atom is 0.158 e. The molecule has 1 aromatic carbocycles. The number of fused-ring (bicyclic) bond motifs is 1. The number of aromatic hydroxyl groups is 1. The van der Waals surface area contributed by atoms with Gasteiger partial charge in [-0.2, -0.15) is 0 Å². The van der Waals surface area contributed by atoms with E-state index in [-0.39, 0.29) is 5.75 Å². The van der Waals surface area contributed by atoms with Gasteiger partial charge in [0.05, 0.1) is 18.0 Å². The Balaban J connectivity index is 1.32. The van der Waals surface area contributed by atoms with Crippen LogP contribution in [0.3, 0.4) is 0 Å². The van der Waals surface area contributed by atoms with Gasteiger partial charge in [0.2, 0.25) is 0 Å². The van der Waals surface area contributed by atoms with Gasteiger partial charge in [0.1, 0.15) is 6.10 Å². The van der Waals surface area contributed by atoms with Crippen molar-refractivity contribution in [3.63, 3.8) is 0 Å². The maximum absolute atomic E-state index is 11.0. The largest absolute Gasteiger partial charge is 0.505 e. The summed E-state index contributed by atoms with van der Waals surface area (Å²) in [6, 6.07) is 10.2. The molecule has 2 aliphatic rings. The highest BCUT2D eigenvalue weighted by molar-refractivity contribution is 5.18. The Labute approximate surface area is 153 Å². The number of aromatic nitrogens is 2. The average Bonchev–Trinajstić information content (AvgIpc) is 3.10. The van der Waals surface area contributed by atoms with Crippen LogP contribution in [0.15, 0.2) is 42.7 Å². The Bertz CT molecular complexity index is 724. The maximum atomic E-state index is 11.0. The third-order valence-electron chi connectivity index (χ3n) is 5.70. The van der Waals surface area contributed by atoms with Crippen LogP contribution in [0, 0.1) is 11.8 Å². The van der Waals surface area contributed by atoms with Gasteiger partial charge in [-0.25, -0.2) is 9.97 Å². The molecule has 2 unspecified atom stereocenters. The van der Waals surface area contributed by atoms with Crippen molar-refractivity contribution in [2.24, 2.45) is 11.8 Å². The molecule has 0 bridgehead atoms. The first-order valence-electron chi connectivity index (χ1n) is 9.18. The average molecular weight is 355 g/mol. The first-order valence-corrected chi connectivity index (χ1v) is 9.18. The molecule has 26 heavy (non-hydrogen) atoms. The number of rotatable bonds is 5. The topological polar surface area (TPSA) is 89.7 Å². The van der Waals surface area contributed by atoms with Crippen molar-refractivity contribution in [3.05, 3.63) is 54.1 Å². The number of aliphatic hydroxyl groups excluding tert-OH is 1. The molecule has 6 nitrogen and oxygen atoms in total. The Hall–Kier alpha value is -2.02. The minimum absolute atomic E-state index is 0.00523. The van der Waals surface area contributed by atoms with Gasteiger partial charge in [0, 0.05) is 26.1 Å². The van der Waals surface area contributed by atoms with E-state index in [0.29, 0.717) is 30.6 Å². The van der Waals surface area contributed by atoms with Crippen LogP contribution in [0.2, 0.25) is 0 Å². The number of hydrogen-bond donors (Lipinski definition) is 3. The van der Waals surface area contributed by atoms with Gasteiger partial charge >= 0.3 is 0 Å². The van der Waals surface area contributed by atoms with Crippen molar-refractivity contribution >= 4 is 0 Å². The fourth-order valence-electron chi connectivity index (χ4n) is 4.66. The summed E-state index contributed by atoms with van der Waals surface area (Å²) in [5.41, 5.74) is 0.577. The predicted octanol–water partition coefficient (Wildman–Crippen LogP) is 1.53. The van der Waals surface area contributed by atoms with Crippen LogP contribution in [0.25, 0.3) is 0 Å². The van der Waals surface area contributed by atoms with Crippen molar-refractivity contribution in [2.75, 3.05) is 19.6 Å². The van der Waals surface area contributed by atoms with Crippen LogP contribution in [-0.4, -0.2) is 55.4 Å². The molecule has 2 fully saturated rings. The molecule has 1 saturated heterocycles. The Morgan fingerprint density at radius 2 is 1.69 bits per heavy atom. The minimum Gasteiger partial charge on any atom is -0.505 e. The van der Waals surface area contributed by atoms with Crippen molar-refractivity contribution in [2.45, 2.75) is 31.0 Å². The van der Waals surface area contributed by atoms with Crippen molar-refractivity contribution in [3.8, 4) is 5.75 Å². The van der Waals surface area contributed by atoms with E-state index in [1.807, 2.05) is 18.2 Å². The first kappa shape index (κ1) is 17.4. The zero-order valence-corrected chi connectivity index (χ0v) is 14.7. The zero-order chi connectivity index (χ0) is 18.1. The van der Waals surface area contributed by atoms with E-state index in [1.165, 1.54) is 18.0 Å². The van der Waals surface area contributed by atoms with Crippen molar-refractivity contribution in [1.82, 2.24) is 14.9 Å². The lowest BCUT2D eigenvalue weighted by atomic mass is 9.91. The smallest absolute Gasteiger partial charge is 0.158 e. The van der Waals surface area contributed by atoms with E-state index in [2.05, 4.69) is 27.0 Å². The van der Waals surface area contributed by atoms with Gasteiger partial charge < -0.3 is 15.3 Å². The zero-order valence-electron chi connectivity index (χ0n) is 14.7. The molecule has 0 spiro atoms. The quantitative estimate of drug-likeness (QED) is 0.754. The molecule has 4 atom stereocenters. The Morgan fingerprint density at radius 1 is 1.08 bits per heavy atom. The van der Waals surface area contributed by atoms with Crippen LogP contribution in [0.5, 0.6) is 5.75 Å². The number of β-amino-alcohol motifs (C(OH)–C–C–N with tert-alkyl or cyclic N) is 1. The van der Waals surface area contributed by atoms with Crippen LogP contribution in [-0.2, 0) is 6.42 Å². The third kappa shape index (κ3) is 3.72. The highest BCUT2D eigenvalue weighted by Gasteiger charge is 2.48. The summed E-state index contributed by atoms with van der Waals surface area (Å²) in [6.07, 6.45) is 4.17. The summed E-state index contributed by atoms with van der Waals surface area (Å²) < 4.78 is 0. The molecule has 0 amide bonds. The van der Waals surface area contributed by atoms with Gasteiger partial charge in [-0.1, -0.05) is 30.3 Å². The van der Waals surface area contributed by atoms with Crippen molar-refractivity contribution in [1.29, 1.82) is 0 Å². The molecule has 1 aliphatic carbocycles. The normalized spacial score (nSPS) is 29.6. The fourth-order valence-corrected chi connectivity index (χ4v) is 4.66. The second kappa shape index (κ2) is 6.95. The standard InChI is InChI=1S/C20H25N3O3/c24-17-9-21-19(22-10-17)18(25)13-23-11-15-7-20(26,8-16(15)12-23)6-14-4-2-1-3-5-14/h1-5,9-10,15-16,18,24-26H,6-8,11-13H2/t15-,16+,18?,20?. The highest BCUT2D eigenvalue weighted by Crippen LogP contribution is 2.45. The van der Waals surface area contributed by atoms with E-state index in [4.69, 9.17) is 0 Å². The Morgan fingerprint density at radius 3 is 2.31 bits per heavy atom. The van der Waals surface area contributed by atoms with Crippen LogP contribution in [0.1, 0.15) is 30.3 Å². The van der Waals surface area contributed by atoms with E-state index >= 15 is 0 Å². The number of hydrogen-bond acceptors (Lipinski definition) is 6. The van der Waals surface area contributed by atoms with Crippen LogP contribution >= 0.6 is 0 Å². The minimum atomic E-state index is -0.766. The molecule has 1 aromatic heterocycles. The first-order chi connectivity index (χ1) is 12.5. The molecule has 0 radical (unpaired) electrons. The summed E-state index contributed by atoms with van der Waals surface area (Å²) in [4.78, 5) is 10.2. The number of nitrogens with zero attached hydrogens (tertiary/aromatic N) is 3. The van der Waals surface area contributed by atoms with E-state index in [9.17, 15) is 15.3 Å². The lowest BCUT2D eigenvalue weighted by Gasteiger charge is -2.26. The molecule has 1 aliphatic heterocycles. The van der Waals surface area contributed by atoms with E-state index in [0.717, 1.165) is 25.9 Å². The Kier molecular flexibility index (Phi) is 4.65. The molecule has 2 heterocycles. The van der Waals surface area contributed by atoms with E-state index < -0.39 is 11.7 Å². The number of likely N-dealkylation sites (tertiary alicyclic amines) is 1. The highest BCUT2D eigenvalue weighted by atomic mass is 16.3. The molecule has 4 rings (SSSR count). The van der Waals surface area contributed by atoms with Gasteiger partial charge in [-0.3, -0.25) is 4.90 Å². The summed E-state index contributed by atoms with van der Waals surface area (Å²) >= 11 is 0. The summed E-state index contributed by atoms with van der Waals surface area (Å²) in [6.45, 7) is 2.25. The van der Waals surface area contributed by atoms with Gasteiger partial charge in [-0.15, -0.1) is 0 Å². The third-order valence-corrected chi connectivity index (χ3v) is 5.70. The number of benzene rings is 1.